The minimum absolute atomic E-state index is 0.168. The average molecular weight is 447 g/mol. The molecule has 0 aliphatic carbocycles. The van der Waals surface area contributed by atoms with Crippen molar-refractivity contribution in [1.29, 1.82) is 0 Å². The molecule has 0 spiro atoms. The van der Waals surface area contributed by atoms with E-state index in [1.165, 1.54) is 23.1 Å². The van der Waals surface area contributed by atoms with Crippen LogP contribution in [-0.2, 0) is 16.1 Å². The van der Waals surface area contributed by atoms with Gasteiger partial charge in [0.2, 0.25) is 11.0 Å². The summed E-state index contributed by atoms with van der Waals surface area (Å²) >= 11 is 2.68. The van der Waals surface area contributed by atoms with Crippen molar-refractivity contribution in [2.75, 3.05) is 23.0 Å². The molecule has 3 aromatic rings. The summed E-state index contributed by atoms with van der Waals surface area (Å²) in [5.41, 5.74) is 1.07. The van der Waals surface area contributed by atoms with Crippen LogP contribution in [0.3, 0.4) is 0 Å². The Morgan fingerprint density at radius 1 is 1.20 bits per heavy atom. The standard InChI is InChI=1S/C20H22N4O4S2/c1-2-3-10-28-18(26)14-6-8-15(9-7-14)22-17(25)13-29-20-24-23-19(30-20)21-12-16-5-4-11-27-16/h4-9,11H,2-3,10,12-13H2,1H3,(H,21,23)(H,22,25). The molecule has 10 heteroatoms. The molecule has 30 heavy (non-hydrogen) atoms. The van der Waals surface area contributed by atoms with Crippen LogP contribution in [0.15, 0.2) is 51.4 Å². The zero-order chi connectivity index (χ0) is 21.2. The third-order valence-electron chi connectivity index (χ3n) is 3.86. The number of unbranched alkanes of at least 4 members (excludes halogenated alkanes) is 1. The maximum Gasteiger partial charge on any atom is 0.338 e. The van der Waals surface area contributed by atoms with E-state index in [0.29, 0.717) is 33.9 Å². The average Bonchev–Trinajstić information content (AvgIpc) is 3.43. The van der Waals surface area contributed by atoms with Crippen molar-refractivity contribution in [2.24, 2.45) is 0 Å². The predicted octanol–water partition coefficient (Wildman–Crippen LogP) is 4.43. The number of amides is 1. The summed E-state index contributed by atoms with van der Waals surface area (Å²) in [7, 11) is 0. The number of nitrogens with one attached hydrogen (secondary N) is 2. The van der Waals surface area contributed by atoms with E-state index >= 15 is 0 Å². The molecule has 0 aliphatic heterocycles. The third-order valence-corrected chi connectivity index (χ3v) is 5.88. The second-order valence-corrected chi connectivity index (χ2v) is 8.41. The van der Waals surface area contributed by atoms with Crippen LogP contribution < -0.4 is 10.6 Å². The summed E-state index contributed by atoms with van der Waals surface area (Å²) in [6.07, 6.45) is 3.42. The fraction of sp³-hybridized carbons (Fsp3) is 0.300. The molecule has 1 amide bonds. The number of anilines is 2. The van der Waals surface area contributed by atoms with Crippen LogP contribution >= 0.6 is 23.1 Å². The largest absolute Gasteiger partial charge is 0.467 e. The van der Waals surface area contributed by atoms with Crippen molar-refractivity contribution >= 4 is 45.8 Å². The van der Waals surface area contributed by atoms with Crippen LogP contribution in [0.1, 0.15) is 35.9 Å². The number of hydrogen-bond donors (Lipinski definition) is 2. The topological polar surface area (TPSA) is 106 Å². The first-order valence-corrected chi connectivity index (χ1v) is 11.2. The quantitative estimate of drug-likeness (QED) is 0.253. The van der Waals surface area contributed by atoms with Gasteiger partial charge < -0.3 is 19.8 Å². The SMILES string of the molecule is CCCCOC(=O)c1ccc(NC(=O)CSc2nnc(NCc3ccco3)s2)cc1. The lowest BCUT2D eigenvalue weighted by Crippen LogP contribution is -2.14. The van der Waals surface area contributed by atoms with E-state index in [9.17, 15) is 9.59 Å². The van der Waals surface area contributed by atoms with Crippen LogP contribution in [0.5, 0.6) is 0 Å². The van der Waals surface area contributed by atoms with Crippen molar-refractivity contribution in [2.45, 2.75) is 30.6 Å². The zero-order valence-electron chi connectivity index (χ0n) is 16.4. The molecule has 3 rings (SSSR count). The summed E-state index contributed by atoms with van der Waals surface area (Å²) in [4.78, 5) is 24.1. The number of thioether (sulfide) groups is 1. The normalized spacial score (nSPS) is 10.6. The molecule has 2 heterocycles. The van der Waals surface area contributed by atoms with Gasteiger partial charge in [0.15, 0.2) is 4.34 Å². The molecule has 2 aromatic heterocycles. The van der Waals surface area contributed by atoms with E-state index in [2.05, 4.69) is 20.8 Å². The molecule has 158 valence electrons. The van der Waals surface area contributed by atoms with Crippen LogP contribution in [0, 0.1) is 0 Å². The molecule has 0 saturated heterocycles. The molecular weight excluding hydrogens is 424 g/mol. The van der Waals surface area contributed by atoms with Gasteiger partial charge in [0.1, 0.15) is 5.76 Å². The van der Waals surface area contributed by atoms with Crippen molar-refractivity contribution in [3.05, 3.63) is 54.0 Å². The lowest BCUT2D eigenvalue weighted by atomic mass is 10.2. The number of carbonyl (C=O) groups excluding carboxylic acids is 2. The lowest BCUT2D eigenvalue weighted by molar-refractivity contribution is -0.113. The summed E-state index contributed by atoms with van der Waals surface area (Å²) in [5.74, 6) is 0.482. The Balaban J connectivity index is 1.40. The maximum absolute atomic E-state index is 12.2. The number of hydrogen-bond acceptors (Lipinski definition) is 9. The van der Waals surface area contributed by atoms with Gasteiger partial charge in [-0.25, -0.2) is 4.79 Å². The fourth-order valence-electron chi connectivity index (χ4n) is 2.32. The van der Waals surface area contributed by atoms with Crippen molar-refractivity contribution in [3.63, 3.8) is 0 Å². The van der Waals surface area contributed by atoms with Gasteiger partial charge in [0, 0.05) is 5.69 Å². The zero-order valence-corrected chi connectivity index (χ0v) is 18.1. The Hall–Kier alpha value is -2.85. The van der Waals surface area contributed by atoms with Crippen molar-refractivity contribution in [1.82, 2.24) is 10.2 Å². The second-order valence-electron chi connectivity index (χ2n) is 6.21. The van der Waals surface area contributed by atoms with Gasteiger partial charge in [-0.3, -0.25) is 4.79 Å². The highest BCUT2D eigenvalue weighted by Gasteiger charge is 2.10. The van der Waals surface area contributed by atoms with E-state index < -0.39 is 0 Å². The highest BCUT2D eigenvalue weighted by molar-refractivity contribution is 8.01. The first-order valence-electron chi connectivity index (χ1n) is 9.43. The monoisotopic (exact) mass is 446 g/mol. The molecule has 0 fully saturated rings. The number of carbonyl (C=O) groups is 2. The summed E-state index contributed by atoms with van der Waals surface area (Å²) in [6.45, 7) is 2.97. The molecule has 0 atom stereocenters. The first-order chi connectivity index (χ1) is 14.6. The van der Waals surface area contributed by atoms with Gasteiger partial charge in [-0.2, -0.15) is 0 Å². The number of rotatable bonds is 11. The van der Waals surface area contributed by atoms with E-state index in [1.807, 2.05) is 19.1 Å². The molecule has 1 aromatic carbocycles. The number of benzene rings is 1. The minimum Gasteiger partial charge on any atom is -0.467 e. The molecule has 0 aliphatic rings. The Bertz CT molecular complexity index is 942. The maximum atomic E-state index is 12.2. The molecular formula is C20H22N4O4S2. The number of aromatic nitrogens is 2. The second kappa shape index (κ2) is 11.4. The third kappa shape index (κ3) is 6.89. The molecule has 0 radical (unpaired) electrons. The Morgan fingerprint density at radius 3 is 2.77 bits per heavy atom. The van der Waals surface area contributed by atoms with Crippen LogP contribution in [0.25, 0.3) is 0 Å². The van der Waals surface area contributed by atoms with Crippen LogP contribution in [0.4, 0.5) is 10.8 Å². The highest BCUT2D eigenvalue weighted by atomic mass is 32.2. The molecule has 8 nitrogen and oxygen atoms in total. The van der Waals surface area contributed by atoms with E-state index in [4.69, 9.17) is 9.15 Å². The van der Waals surface area contributed by atoms with Gasteiger partial charge in [0.25, 0.3) is 0 Å². The molecule has 0 bridgehead atoms. The number of nitrogens with zero attached hydrogens (tertiary/aromatic N) is 2. The molecule has 2 N–H and O–H groups in total. The van der Waals surface area contributed by atoms with Crippen molar-refractivity contribution in [3.8, 4) is 0 Å². The van der Waals surface area contributed by atoms with Crippen LogP contribution in [-0.4, -0.2) is 34.4 Å². The Labute approximate surface area is 182 Å². The lowest BCUT2D eigenvalue weighted by Gasteiger charge is -2.06. The van der Waals surface area contributed by atoms with Gasteiger partial charge in [-0.1, -0.05) is 36.4 Å². The van der Waals surface area contributed by atoms with Gasteiger partial charge in [-0.15, -0.1) is 10.2 Å². The van der Waals surface area contributed by atoms with Gasteiger partial charge in [0.05, 0.1) is 30.7 Å². The first kappa shape index (κ1) is 21.8. The van der Waals surface area contributed by atoms with E-state index in [0.717, 1.165) is 18.6 Å². The Kier molecular flexibility index (Phi) is 8.28. The van der Waals surface area contributed by atoms with E-state index in [-0.39, 0.29) is 17.6 Å². The highest BCUT2D eigenvalue weighted by Crippen LogP contribution is 2.26. The number of furan rings is 1. The fourth-order valence-corrected chi connectivity index (χ4v) is 3.87. The molecule has 0 unspecified atom stereocenters. The summed E-state index contributed by atoms with van der Waals surface area (Å²) < 4.78 is 11.1. The van der Waals surface area contributed by atoms with Crippen LogP contribution in [0.2, 0.25) is 0 Å². The predicted molar refractivity (Wildman–Crippen MR) is 117 cm³/mol. The van der Waals surface area contributed by atoms with Crippen molar-refractivity contribution < 1.29 is 18.7 Å². The smallest absolute Gasteiger partial charge is 0.338 e. The van der Waals surface area contributed by atoms with E-state index in [1.54, 1.807) is 30.5 Å². The van der Waals surface area contributed by atoms with Gasteiger partial charge in [-0.05, 0) is 42.8 Å². The van der Waals surface area contributed by atoms with Gasteiger partial charge >= 0.3 is 5.97 Å². The summed E-state index contributed by atoms with van der Waals surface area (Å²) in [5, 5.41) is 14.7. The molecule has 0 saturated carbocycles. The Morgan fingerprint density at radius 2 is 2.03 bits per heavy atom. The summed E-state index contributed by atoms with van der Waals surface area (Å²) in [6, 6.07) is 10.3. The number of ether oxygens (including phenoxy) is 1. The number of esters is 1. The minimum atomic E-state index is -0.357.